The molecule has 1 aromatic carbocycles. The van der Waals surface area contributed by atoms with Crippen molar-refractivity contribution in [3.63, 3.8) is 0 Å². The van der Waals surface area contributed by atoms with Crippen LogP contribution in [0.15, 0.2) is 41.8 Å². The molecule has 0 radical (unpaired) electrons. The van der Waals surface area contributed by atoms with Crippen molar-refractivity contribution in [1.29, 1.82) is 0 Å². The number of nitrogens with one attached hydrogen (secondary N) is 2. The van der Waals surface area contributed by atoms with Crippen molar-refractivity contribution in [3.05, 3.63) is 62.2 Å². The van der Waals surface area contributed by atoms with Crippen LogP contribution in [0.4, 0.5) is 5.69 Å². The van der Waals surface area contributed by atoms with Crippen molar-refractivity contribution in [1.82, 2.24) is 20.1 Å². The normalized spacial score (nSPS) is 10.6. The van der Waals surface area contributed by atoms with Gasteiger partial charge in [-0.2, -0.15) is 5.10 Å². The lowest BCUT2D eigenvalue weighted by molar-refractivity contribution is -0.385. The molecule has 26 heavy (non-hydrogen) atoms. The number of amides is 1. The van der Waals surface area contributed by atoms with Crippen LogP contribution in [0.2, 0.25) is 0 Å². The summed E-state index contributed by atoms with van der Waals surface area (Å²) < 4.78 is 2.21. The molecular formula is C16H15N5O3S2. The summed E-state index contributed by atoms with van der Waals surface area (Å²) in [5.41, 5.74) is 0.454. The third-order valence-corrected chi connectivity index (χ3v) is 4.90. The third kappa shape index (κ3) is 4.03. The van der Waals surface area contributed by atoms with Gasteiger partial charge in [-0.25, -0.2) is 0 Å². The van der Waals surface area contributed by atoms with Gasteiger partial charge >= 0.3 is 0 Å². The number of nitrogens with zero attached hydrogens (tertiary/aromatic N) is 3. The Kier molecular flexibility index (Phi) is 5.54. The average Bonchev–Trinajstić information content (AvgIpc) is 3.28. The number of nitro groups is 1. The lowest BCUT2D eigenvalue weighted by Crippen LogP contribution is -2.24. The molecular weight excluding hydrogens is 374 g/mol. The van der Waals surface area contributed by atoms with Crippen molar-refractivity contribution in [3.8, 4) is 10.7 Å². The lowest BCUT2D eigenvalue weighted by Gasteiger charge is -2.08. The number of benzene rings is 1. The molecule has 0 unspecified atom stereocenters. The molecule has 10 heteroatoms. The number of hydrogen-bond donors (Lipinski definition) is 2. The molecule has 8 nitrogen and oxygen atoms in total. The van der Waals surface area contributed by atoms with Crippen molar-refractivity contribution in [2.24, 2.45) is 0 Å². The number of carbonyl (C=O) groups is 1. The molecule has 0 saturated carbocycles. The van der Waals surface area contributed by atoms with Gasteiger partial charge in [0.05, 0.1) is 9.80 Å². The number of nitro benzene ring substituents is 1. The Labute approximate surface area is 157 Å². The Morgan fingerprint density at radius 1 is 1.35 bits per heavy atom. The van der Waals surface area contributed by atoms with Crippen LogP contribution in [0.3, 0.4) is 0 Å². The van der Waals surface area contributed by atoms with Gasteiger partial charge in [0.2, 0.25) is 5.91 Å². The molecule has 0 bridgehead atoms. The fourth-order valence-corrected chi connectivity index (χ4v) is 3.40. The fourth-order valence-electron chi connectivity index (χ4n) is 2.45. The summed E-state index contributed by atoms with van der Waals surface area (Å²) in [6, 6.07) is 10.2. The molecule has 0 spiro atoms. The average molecular weight is 389 g/mol. The van der Waals surface area contributed by atoms with E-state index in [1.165, 1.54) is 17.4 Å². The molecule has 3 aromatic rings. The van der Waals surface area contributed by atoms with Gasteiger partial charge in [-0.3, -0.25) is 24.6 Å². The minimum atomic E-state index is -0.459. The number of carbonyl (C=O) groups excluding carboxylic acids is 1. The molecule has 1 amide bonds. The molecule has 0 aliphatic rings. The number of aromatic amines is 1. The Hall–Kier alpha value is -2.85. The Bertz CT molecular complexity index is 978. The Morgan fingerprint density at radius 2 is 2.15 bits per heavy atom. The van der Waals surface area contributed by atoms with Gasteiger partial charge in [0.15, 0.2) is 10.6 Å². The highest BCUT2D eigenvalue weighted by atomic mass is 32.1. The van der Waals surface area contributed by atoms with Gasteiger partial charge in [-0.05, 0) is 23.7 Å². The van der Waals surface area contributed by atoms with Gasteiger partial charge in [-0.1, -0.05) is 24.3 Å². The first-order valence-electron chi connectivity index (χ1n) is 7.74. The van der Waals surface area contributed by atoms with E-state index in [0.29, 0.717) is 22.7 Å². The van der Waals surface area contributed by atoms with Crippen LogP contribution in [-0.2, 0) is 17.9 Å². The molecule has 0 aliphatic heterocycles. The molecule has 2 N–H and O–H groups in total. The Morgan fingerprint density at radius 3 is 2.88 bits per heavy atom. The van der Waals surface area contributed by atoms with Gasteiger partial charge < -0.3 is 5.32 Å². The number of hydrogen-bond acceptors (Lipinski definition) is 6. The minimum Gasteiger partial charge on any atom is -0.352 e. The van der Waals surface area contributed by atoms with Crippen LogP contribution >= 0.6 is 23.6 Å². The maximum Gasteiger partial charge on any atom is 0.274 e. The first kappa shape index (κ1) is 18.0. The fraction of sp³-hybridized carbons (Fsp3) is 0.188. The zero-order chi connectivity index (χ0) is 18.5. The quantitative estimate of drug-likeness (QED) is 0.366. The zero-order valence-electron chi connectivity index (χ0n) is 13.5. The van der Waals surface area contributed by atoms with Gasteiger partial charge in [0.25, 0.3) is 5.69 Å². The highest BCUT2D eigenvalue weighted by molar-refractivity contribution is 7.71. The highest BCUT2D eigenvalue weighted by Crippen LogP contribution is 2.23. The summed E-state index contributed by atoms with van der Waals surface area (Å²) in [5.74, 6) is 0.472. The van der Waals surface area contributed by atoms with E-state index in [1.54, 1.807) is 22.8 Å². The maximum absolute atomic E-state index is 12.1. The number of H-pyrrole nitrogens is 1. The van der Waals surface area contributed by atoms with E-state index in [1.807, 2.05) is 17.5 Å². The first-order valence-corrected chi connectivity index (χ1v) is 9.03. The van der Waals surface area contributed by atoms with Crippen LogP contribution in [0, 0.1) is 14.9 Å². The number of aromatic nitrogens is 3. The second-order valence-electron chi connectivity index (χ2n) is 5.39. The summed E-state index contributed by atoms with van der Waals surface area (Å²) in [6.45, 7) is 0.468. The van der Waals surface area contributed by atoms with Gasteiger partial charge in [0.1, 0.15) is 0 Å². The SMILES string of the molecule is O=C(CCn1c(-c2cccs2)n[nH]c1=S)NCc1ccccc1[N+](=O)[O-]. The number of thiophene rings is 1. The van der Waals surface area contributed by atoms with Crippen molar-refractivity contribution >= 4 is 35.1 Å². The second-order valence-corrected chi connectivity index (χ2v) is 6.73. The van der Waals surface area contributed by atoms with Crippen molar-refractivity contribution in [2.75, 3.05) is 0 Å². The predicted octanol–water partition coefficient (Wildman–Crippen LogP) is 3.28. The summed E-state index contributed by atoms with van der Waals surface area (Å²) in [4.78, 5) is 23.6. The number of rotatable bonds is 7. The smallest absolute Gasteiger partial charge is 0.274 e. The Balaban J connectivity index is 1.62. The summed E-state index contributed by atoms with van der Waals surface area (Å²) in [7, 11) is 0. The topological polar surface area (TPSA) is 106 Å². The van der Waals surface area contributed by atoms with E-state index in [0.717, 1.165) is 4.88 Å². The van der Waals surface area contributed by atoms with Crippen LogP contribution in [0.25, 0.3) is 10.7 Å². The lowest BCUT2D eigenvalue weighted by atomic mass is 10.2. The molecule has 0 fully saturated rings. The van der Waals surface area contributed by atoms with Crippen molar-refractivity contribution < 1.29 is 9.72 Å². The second kappa shape index (κ2) is 8.02. The van der Waals surface area contributed by atoms with E-state index in [4.69, 9.17) is 12.2 Å². The molecule has 2 heterocycles. The van der Waals surface area contributed by atoms with E-state index in [-0.39, 0.29) is 24.6 Å². The summed E-state index contributed by atoms with van der Waals surface area (Å²) >= 11 is 6.76. The molecule has 0 atom stereocenters. The minimum absolute atomic E-state index is 0.00941. The highest BCUT2D eigenvalue weighted by Gasteiger charge is 2.14. The molecule has 134 valence electrons. The summed E-state index contributed by atoms with van der Waals surface area (Å²) in [6.07, 6.45) is 0.187. The van der Waals surface area contributed by atoms with Crippen LogP contribution in [0.5, 0.6) is 0 Å². The maximum atomic E-state index is 12.1. The molecule has 2 aromatic heterocycles. The van der Waals surface area contributed by atoms with Crippen LogP contribution in [-0.4, -0.2) is 25.6 Å². The third-order valence-electron chi connectivity index (χ3n) is 3.73. The number of para-hydroxylation sites is 1. The van der Waals surface area contributed by atoms with Gasteiger partial charge in [-0.15, -0.1) is 11.3 Å². The van der Waals surface area contributed by atoms with E-state index in [9.17, 15) is 14.9 Å². The van der Waals surface area contributed by atoms with E-state index >= 15 is 0 Å². The van der Waals surface area contributed by atoms with Crippen LogP contribution in [0.1, 0.15) is 12.0 Å². The van der Waals surface area contributed by atoms with E-state index in [2.05, 4.69) is 15.5 Å². The van der Waals surface area contributed by atoms with Crippen LogP contribution < -0.4 is 5.32 Å². The molecule has 3 rings (SSSR count). The molecule has 0 saturated heterocycles. The predicted molar refractivity (Wildman–Crippen MR) is 100 cm³/mol. The molecule has 0 aliphatic carbocycles. The van der Waals surface area contributed by atoms with Crippen molar-refractivity contribution in [2.45, 2.75) is 19.5 Å². The van der Waals surface area contributed by atoms with Gasteiger partial charge in [0, 0.05) is 31.1 Å². The standard InChI is InChI=1S/C16H15N5O3S2/c22-14(17-10-11-4-1-2-5-12(11)21(23)24)7-8-20-15(18-19-16(20)25)13-6-3-9-26-13/h1-6,9H,7-8,10H2,(H,17,22)(H,19,25). The largest absolute Gasteiger partial charge is 0.352 e. The zero-order valence-corrected chi connectivity index (χ0v) is 15.2. The van der Waals surface area contributed by atoms with E-state index < -0.39 is 4.92 Å². The monoisotopic (exact) mass is 389 g/mol. The summed E-state index contributed by atoms with van der Waals surface area (Å²) in [5, 5.41) is 22.6. The first-order chi connectivity index (χ1) is 12.6.